The highest BCUT2D eigenvalue weighted by molar-refractivity contribution is 6.63. The fourth-order valence-corrected chi connectivity index (χ4v) is 1.96. The van der Waals surface area contributed by atoms with E-state index < -0.39 is 0 Å². The van der Waals surface area contributed by atoms with Crippen LogP contribution in [0.25, 0.3) is 0 Å². The van der Waals surface area contributed by atoms with Gasteiger partial charge in [0.2, 0.25) is 5.24 Å². The predicted molar refractivity (Wildman–Crippen MR) is 75.5 cm³/mol. The summed E-state index contributed by atoms with van der Waals surface area (Å²) in [6.07, 6.45) is 0.836. The Bertz CT molecular complexity index is 591. The van der Waals surface area contributed by atoms with Gasteiger partial charge in [-0.05, 0) is 29.7 Å². The lowest BCUT2D eigenvalue weighted by atomic mass is 10.00. The Morgan fingerprint density at radius 2 is 1.58 bits per heavy atom. The van der Waals surface area contributed by atoms with Gasteiger partial charge in [0.1, 0.15) is 0 Å². The first kappa shape index (κ1) is 13.5. The Morgan fingerprint density at radius 1 is 0.895 bits per heavy atom. The molecule has 0 N–H and O–H groups in total. The van der Waals surface area contributed by atoms with Crippen LogP contribution in [0.5, 0.6) is 0 Å². The van der Waals surface area contributed by atoms with E-state index in [0.29, 0.717) is 17.5 Å². The Morgan fingerprint density at radius 3 is 2.26 bits per heavy atom. The zero-order valence-corrected chi connectivity index (χ0v) is 11.1. The molecule has 0 saturated heterocycles. The summed E-state index contributed by atoms with van der Waals surface area (Å²) in [5.41, 5.74) is 2.23. The molecule has 0 bridgehead atoms. The van der Waals surface area contributed by atoms with E-state index >= 15 is 0 Å². The van der Waals surface area contributed by atoms with E-state index in [4.69, 9.17) is 11.6 Å². The molecule has 3 heteroatoms. The highest BCUT2D eigenvalue weighted by Gasteiger charge is 2.09. The van der Waals surface area contributed by atoms with Gasteiger partial charge in [-0.3, -0.25) is 9.59 Å². The number of hydrogen-bond donors (Lipinski definition) is 0. The molecule has 0 aliphatic heterocycles. The molecule has 0 spiro atoms. The van der Waals surface area contributed by atoms with Crippen LogP contribution >= 0.6 is 11.6 Å². The van der Waals surface area contributed by atoms with Crippen LogP contribution in [0.3, 0.4) is 0 Å². The van der Waals surface area contributed by atoms with Crippen LogP contribution in [0.1, 0.15) is 27.9 Å². The Kier molecular flexibility index (Phi) is 4.48. The second-order valence-corrected chi connectivity index (χ2v) is 4.67. The summed E-state index contributed by atoms with van der Waals surface area (Å²) in [7, 11) is 0. The summed E-state index contributed by atoms with van der Waals surface area (Å²) in [6, 6.07) is 16.4. The number of aryl methyl sites for hydroxylation is 1. The summed E-state index contributed by atoms with van der Waals surface area (Å²) in [4.78, 5) is 23.0. The average molecular weight is 273 g/mol. The maximum atomic E-state index is 12.2. The molecule has 0 radical (unpaired) electrons. The second kappa shape index (κ2) is 6.30. The number of halogens is 1. The summed E-state index contributed by atoms with van der Waals surface area (Å²) >= 11 is 5.32. The van der Waals surface area contributed by atoms with Crippen LogP contribution in [0.15, 0.2) is 54.6 Å². The summed E-state index contributed by atoms with van der Waals surface area (Å²) in [5.74, 6) is -0.0142. The number of ketones is 1. The fourth-order valence-electron chi connectivity index (χ4n) is 1.87. The van der Waals surface area contributed by atoms with Crippen molar-refractivity contribution >= 4 is 22.6 Å². The molecule has 2 rings (SSSR count). The van der Waals surface area contributed by atoms with Crippen LogP contribution in [-0.4, -0.2) is 11.0 Å². The van der Waals surface area contributed by atoms with E-state index in [-0.39, 0.29) is 17.4 Å². The molecule has 2 aromatic carbocycles. The first-order valence-corrected chi connectivity index (χ1v) is 6.41. The SMILES string of the molecule is O=C(Cl)CCc1cccc(C(=O)c2ccccc2)c1. The molecule has 0 atom stereocenters. The molecular weight excluding hydrogens is 260 g/mol. The highest BCUT2D eigenvalue weighted by atomic mass is 35.5. The third-order valence-corrected chi connectivity index (χ3v) is 3.02. The normalized spacial score (nSPS) is 10.2. The molecule has 0 amide bonds. The van der Waals surface area contributed by atoms with E-state index in [2.05, 4.69) is 0 Å². The van der Waals surface area contributed by atoms with Gasteiger partial charge in [0.05, 0.1) is 0 Å². The molecule has 0 heterocycles. The molecule has 0 aliphatic carbocycles. The standard InChI is InChI=1S/C16H13ClO2/c17-15(18)10-9-12-5-4-8-14(11-12)16(19)13-6-2-1-3-7-13/h1-8,11H,9-10H2. The molecule has 0 aromatic heterocycles. The first-order valence-electron chi connectivity index (χ1n) is 6.04. The van der Waals surface area contributed by atoms with Crippen LogP contribution < -0.4 is 0 Å². The lowest BCUT2D eigenvalue weighted by Crippen LogP contribution is -2.02. The Balaban J connectivity index is 2.19. The van der Waals surface area contributed by atoms with Crippen LogP contribution in [-0.2, 0) is 11.2 Å². The minimum atomic E-state index is -0.361. The van der Waals surface area contributed by atoms with Gasteiger partial charge in [-0.25, -0.2) is 0 Å². The van der Waals surface area contributed by atoms with Crippen molar-refractivity contribution in [3.63, 3.8) is 0 Å². The Labute approximate surface area is 117 Å². The number of benzene rings is 2. The monoisotopic (exact) mass is 272 g/mol. The van der Waals surface area contributed by atoms with Gasteiger partial charge in [0, 0.05) is 17.5 Å². The number of carbonyl (C=O) groups is 2. The van der Waals surface area contributed by atoms with E-state index in [1.54, 1.807) is 18.2 Å². The number of rotatable bonds is 5. The van der Waals surface area contributed by atoms with Crippen molar-refractivity contribution in [2.75, 3.05) is 0 Å². The molecule has 0 aliphatic rings. The summed E-state index contributed by atoms with van der Waals surface area (Å²) in [5, 5.41) is -0.361. The fraction of sp³-hybridized carbons (Fsp3) is 0.125. The van der Waals surface area contributed by atoms with E-state index in [0.717, 1.165) is 5.56 Å². The molecule has 0 fully saturated rings. The Hall–Kier alpha value is -1.93. The van der Waals surface area contributed by atoms with Gasteiger partial charge in [0.15, 0.2) is 5.78 Å². The van der Waals surface area contributed by atoms with Gasteiger partial charge >= 0.3 is 0 Å². The van der Waals surface area contributed by atoms with Crippen LogP contribution in [0, 0.1) is 0 Å². The van der Waals surface area contributed by atoms with Crippen LogP contribution in [0.4, 0.5) is 0 Å². The minimum absolute atomic E-state index is 0.0142. The second-order valence-electron chi connectivity index (χ2n) is 4.25. The van der Waals surface area contributed by atoms with Crippen molar-refractivity contribution in [3.05, 3.63) is 71.3 Å². The maximum absolute atomic E-state index is 12.2. The molecule has 0 unspecified atom stereocenters. The zero-order valence-electron chi connectivity index (χ0n) is 10.3. The van der Waals surface area contributed by atoms with Gasteiger partial charge in [-0.1, -0.05) is 48.5 Å². The van der Waals surface area contributed by atoms with Crippen molar-refractivity contribution < 1.29 is 9.59 Å². The van der Waals surface area contributed by atoms with Crippen molar-refractivity contribution in [1.29, 1.82) is 0 Å². The minimum Gasteiger partial charge on any atom is -0.289 e. The third kappa shape index (κ3) is 3.76. The largest absolute Gasteiger partial charge is 0.289 e. The van der Waals surface area contributed by atoms with Gasteiger partial charge < -0.3 is 0 Å². The molecule has 96 valence electrons. The summed E-state index contributed by atoms with van der Waals surface area (Å²) < 4.78 is 0. The predicted octanol–water partition coefficient (Wildman–Crippen LogP) is 3.62. The highest BCUT2D eigenvalue weighted by Crippen LogP contribution is 2.13. The van der Waals surface area contributed by atoms with E-state index in [9.17, 15) is 9.59 Å². The maximum Gasteiger partial charge on any atom is 0.221 e. The molecule has 2 aromatic rings. The lowest BCUT2D eigenvalue weighted by Gasteiger charge is -2.04. The van der Waals surface area contributed by atoms with Gasteiger partial charge in [-0.2, -0.15) is 0 Å². The van der Waals surface area contributed by atoms with Crippen LogP contribution in [0.2, 0.25) is 0 Å². The lowest BCUT2D eigenvalue weighted by molar-refractivity contribution is -0.111. The van der Waals surface area contributed by atoms with Crippen molar-refractivity contribution in [1.82, 2.24) is 0 Å². The number of hydrogen-bond acceptors (Lipinski definition) is 2. The van der Waals surface area contributed by atoms with Gasteiger partial charge in [-0.15, -0.1) is 0 Å². The van der Waals surface area contributed by atoms with Crippen molar-refractivity contribution in [2.24, 2.45) is 0 Å². The van der Waals surface area contributed by atoms with Gasteiger partial charge in [0.25, 0.3) is 0 Å². The average Bonchev–Trinajstić information content (AvgIpc) is 2.45. The molecule has 19 heavy (non-hydrogen) atoms. The molecule has 0 saturated carbocycles. The quantitative estimate of drug-likeness (QED) is 0.615. The zero-order chi connectivity index (χ0) is 13.7. The third-order valence-electron chi connectivity index (χ3n) is 2.84. The summed E-state index contributed by atoms with van der Waals surface area (Å²) in [6.45, 7) is 0. The first-order chi connectivity index (χ1) is 9.16. The molecule has 2 nitrogen and oxygen atoms in total. The molecular formula is C16H13ClO2. The number of carbonyl (C=O) groups excluding carboxylic acids is 2. The van der Waals surface area contributed by atoms with Crippen molar-refractivity contribution in [2.45, 2.75) is 12.8 Å². The topological polar surface area (TPSA) is 34.1 Å². The smallest absolute Gasteiger partial charge is 0.221 e. The van der Waals surface area contributed by atoms with E-state index in [1.165, 1.54) is 0 Å². The van der Waals surface area contributed by atoms with E-state index in [1.807, 2.05) is 36.4 Å². The van der Waals surface area contributed by atoms with Crippen molar-refractivity contribution in [3.8, 4) is 0 Å².